The third kappa shape index (κ3) is 6.22. The topological polar surface area (TPSA) is 46.1 Å². The Morgan fingerprint density at radius 2 is 1.96 bits per heavy atom. The van der Waals surface area contributed by atoms with E-state index in [0.29, 0.717) is 6.04 Å². The van der Waals surface area contributed by atoms with Crippen LogP contribution in [0, 0.1) is 0 Å². The number of piperidine rings is 1. The molecule has 0 aromatic heterocycles. The number of likely N-dealkylation sites (tertiary alicyclic amines) is 1. The molecule has 6 nitrogen and oxygen atoms in total. The molecule has 0 radical (unpaired) electrons. The summed E-state index contributed by atoms with van der Waals surface area (Å²) in [5.74, 6) is 0.934. The standard InChI is InChI=1S/C18H38N6/c1-16-8-5-6-10-24(16)11-7-9-20-18(19-2)21-14-17-15-22(3)12-13-23(17)4/h16-17H,5-15H2,1-4H3,(H2,19,20,21). The van der Waals surface area contributed by atoms with E-state index in [9.17, 15) is 0 Å². The zero-order chi connectivity index (χ0) is 17.4. The number of hydrogen-bond donors (Lipinski definition) is 2. The van der Waals surface area contributed by atoms with E-state index in [0.717, 1.165) is 44.7 Å². The Morgan fingerprint density at radius 1 is 1.12 bits per heavy atom. The number of hydrogen-bond acceptors (Lipinski definition) is 4. The second-order valence-electron chi connectivity index (χ2n) is 7.51. The Labute approximate surface area is 148 Å². The van der Waals surface area contributed by atoms with Crippen LogP contribution in [0.1, 0.15) is 32.6 Å². The molecular weight excluding hydrogens is 300 g/mol. The van der Waals surface area contributed by atoms with Gasteiger partial charge in [-0.3, -0.25) is 9.89 Å². The molecule has 6 heteroatoms. The van der Waals surface area contributed by atoms with Gasteiger partial charge in [-0.2, -0.15) is 0 Å². The number of piperazine rings is 1. The predicted molar refractivity (Wildman–Crippen MR) is 103 cm³/mol. The lowest BCUT2D eigenvalue weighted by atomic mass is 10.0. The number of nitrogens with one attached hydrogen (secondary N) is 2. The molecule has 0 bridgehead atoms. The van der Waals surface area contributed by atoms with Crippen LogP contribution in [0.25, 0.3) is 0 Å². The molecule has 2 saturated heterocycles. The monoisotopic (exact) mass is 338 g/mol. The van der Waals surface area contributed by atoms with Gasteiger partial charge in [0.2, 0.25) is 0 Å². The van der Waals surface area contributed by atoms with Crippen molar-refractivity contribution in [2.45, 2.75) is 44.7 Å². The van der Waals surface area contributed by atoms with E-state index in [-0.39, 0.29) is 0 Å². The lowest BCUT2D eigenvalue weighted by Gasteiger charge is -2.38. The van der Waals surface area contributed by atoms with Gasteiger partial charge in [0.1, 0.15) is 0 Å². The second-order valence-corrected chi connectivity index (χ2v) is 7.51. The molecule has 2 atom stereocenters. The van der Waals surface area contributed by atoms with E-state index in [1.807, 2.05) is 7.05 Å². The van der Waals surface area contributed by atoms with Gasteiger partial charge in [0.05, 0.1) is 0 Å². The van der Waals surface area contributed by atoms with Gasteiger partial charge >= 0.3 is 0 Å². The summed E-state index contributed by atoms with van der Waals surface area (Å²) in [6, 6.07) is 1.31. The van der Waals surface area contributed by atoms with Crippen molar-refractivity contribution < 1.29 is 0 Å². The molecule has 0 spiro atoms. The number of aliphatic imine (C=N–C) groups is 1. The summed E-state index contributed by atoms with van der Waals surface area (Å²) in [6.45, 7) is 10.2. The van der Waals surface area contributed by atoms with Crippen LogP contribution in [-0.2, 0) is 0 Å². The summed E-state index contributed by atoms with van der Waals surface area (Å²) in [4.78, 5) is 11.8. The molecule has 2 rings (SSSR count). The highest BCUT2D eigenvalue weighted by Crippen LogP contribution is 2.16. The quantitative estimate of drug-likeness (QED) is 0.423. The molecule has 2 aliphatic rings. The van der Waals surface area contributed by atoms with Crippen molar-refractivity contribution in [2.75, 3.05) is 67.0 Å². The first kappa shape index (κ1) is 19.5. The zero-order valence-corrected chi connectivity index (χ0v) is 16.2. The van der Waals surface area contributed by atoms with Gasteiger partial charge in [-0.25, -0.2) is 0 Å². The van der Waals surface area contributed by atoms with Crippen molar-refractivity contribution in [1.82, 2.24) is 25.3 Å². The van der Waals surface area contributed by atoms with Crippen molar-refractivity contribution in [3.05, 3.63) is 0 Å². The maximum Gasteiger partial charge on any atom is 0.191 e. The maximum absolute atomic E-state index is 4.36. The Morgan fingerprint density at radius 3 is 2.71 bits per heavy atom. The molecule has 0 amide bonds. The first-order valence-electron chi connectivity index (χ1n) is 9.67. The fraction of sp³-hybridized carbons (Fsp3) is 0.944. The molecule has 0 aromatic rings. The Kier molecular flexibility index (Phi) is 8.29. The zero-order valence-electron chi connectivity index (χ0n) is 16.2. The van der Waals surface area contributed by atoms with E-state index in [2.05, 4.69) is 51.3 Å². The van der Waals surface area contributed by atoms with Crippen LogP contribution in [0.15, 0.2) is 4.99 Å². The van der Waals surface area contributed by atoms with E-state index in [1.54, 1.807) is 0 Å². The summed E-state index contributed by atoms with van der Waals surface area (Å²) in [7, 11) is 6.28. The van der Waals surface area contributed by atoms with Gasteiger partial charge in [-0.05, 0) is 46.8 Å². The van der Waals surface area contributed by atoms with Gasteiger partial charge in [-0.1, -0.05) is 6.42 Å². The summed E-state index contributed by atoms with van der Waals surface area (Å²) >= 11 is 0. The summed E-state index contributed by atoms with van der Waals surface area (Å²) < 4.78 is 0. The summed E-state index contributed by atoms with van der Waals surface area (Å²) in [5.41, 5.74) is 0. The lowest BCUT2D eigenvalue weighted by Crippen LogP contribution is -2.55. The highest BCUT2D eigenvalue weighted by molar-refractivity contribution is 5.79. The number of nitrogens with zero attached hydrogens (tertiary/aromatic N) is 4. The van der Waals surface area contributed by atoms with Gasteiger partial charge < -0.3 is 20.4 Å². The van der Waals surface area contributed by atoms with Crippen LogP contribution in [0.4, 0.5) is 0 Å². The average molecular weight is 339 g/mol. The second kappa shape index (κ2) is 10.2. The van der Waals surface area contributed by atoms with Gasteiger partial charge in [0, 0.05) is 58.4 Å². The molecular formula is C18H38N6. The van der Waals surface area contributed by atoms with Crippen molar-refractivity contribution >= 4 is 5.96 Å². The minimum Gasteiger partial charge on any atom is -0.356 e. The summed E-state index contributed by atoms with van der Waals surface area (Å²) in [5, 5.41) is 6.96. The molecule has 0 saturated carbocycles. The Bertz CT molecular complexity index is 386. The van der Waals surface area contributed by atoms with Gasteiger partial charge in [-0.15, -0.1) is 0 Å². The molecule has 2 aliphatic heterocycles. The number of guanidine groups is 1. The maximum atomic E-state index is 4.36. The van der Waals surface area contributed by atoms with Gasteiger partial charge in [0.25, 0.3) is 0 Å². The lowest BCUT2D eigenvalue weighted by molar-refractivity contribution is 0.116. The smallest absolute Gasteiger partial charge is 0.191 e. The normalized spacial score (nSPS) is 28.1. The van der Waals surface area contributed by atoms with Crippen molar-refractivity contribution in [1.29, 1.82) is 0 Å². The SMILES string of the molecule is CN=C(NCCCN1CCCCC1C)NCC1CN(C)CCN1C. The van der Waals surface area contributed by atoms with Crippen LogP contribution in [0.2, 0.25) is 0 Å². The Hall–Kier alpha value is -0.850. The Balaban J connectivity index is 1.61. The van der Waals surface area contributed by atoms with Crippen LogP contribution >= 0.6 is 0 Å². The number of likely N-dealkylation sites (N-methyl/N-ethyl adjacent to an activating group) is 2. The third-order valence-corrected chi connectivity index (χ3v) is 5.56. The molecule has 24 heavy (non-hydrogen) atoms. The summed E-state index contributed by atoms with van der Waals surface area (Å²) in [6.07, 6.45) is 5.30. The molecule has 2 fully saturated rings. The van der Waals surface area contributed by atoms with E-state index in [4.69, 9.17) is 0 Å². The third-order valence-electron chi connectivity index (χ3n) is 5.56. The molecule has 140 valence electrons. The first-order chi connectivity index (χ1) is 11.6. The average Bonchev–Trinajstić information content (AvgIpc) is 2.58. The van der Waals surface area contributed by atoms with Crippen LogP contribution in [0.3, 0.4) is 0 Å². The minimum absolute atomic E-state index is 0.552. The number of rotatable bonds is 6. The molecule has 2 unspecified atom stereocenters. The molecule has 0 aromatic carbocycles. The van der Waals surface area contributed by atoms with Crippen molar-refractivity contribution in [3.8, 4) is 0 Å². The largest absolute Gasteiger partial charge is 0.356 e. The fourth-order valence-corrected chi connectivity index (χ4v) is 3.74. The van der Waals surface area contributed by atoms with E-state index < -0.39 is 0 Å². The fourth-order valence-electron chi connectivity index (χ4n) is 3.74. The minimum atomic E-state index is 0.552. The first-order valence-corrected chi connectivity index (χ1v) is 9.67. The van der Waals surface area contributed by atoms with E-state index >= 15 is 0 Å². The van der Waals surface area contributed by atoms with Crippen LogP contribution in [-0.4, -0.2) is 99.7 Å². The highest BCUT2D eigenvalue weighted by atomic mass is 15.3. The van der Waals surface area contributed by atoms with Crippen LogP contribution < -0.4 is 10.6 Å². The van der Waals surface area contributed by atoms with Crippen molar-refractivity contribution in [3.63, 3.8) is 0 Å². The molecule has 2 N–H and O–H groups in total. The predicted octanol–water partition coefficient (Wildman–Crippen LogP) is 0.662. The molecule has 0 aliphatic carbocycles. The van der Waals surface area contributed by atoms with Gasteiger partial charge in [0.15, 0.2) is 5.96 Å². The highest BCUT2D eigenvalue weighted by Gasteiger charge is 2.22. The molecule has 2 heterocycles. The van der Waals surface area contributed by atoms with Crippen molar-refractivity contribution in [2.24, 2.45) is 4.99 Å². The van der Waals surface area contributed by atoms with Crippen LogP contribution in [0.5, 0.6) is 0 Å². The van der Waals surface area contributed by atoms with E-state index in [1.165, 1.54) is 38.8 Å².